The Morgan fingerprint density at radius 3 is 2.37 bits per heavy atom. The number of nitrogens with one attached hydrogen (secondary N) is 2. The highest BCUT2D eigenvalue weighted by atomic mass is 35.5. The van der Waals surface area contributed by atoms with Gasteiger partial charge in [-0.2, -0.15) is 0 Å². The maximum atomic E-state index is 13.3. The van der Waals surface area contributed by atoms with Crippen LogP contribution < -0.4 is 5.32 Å². The summed E-state index contributed by atoms with van der Waals surface area (Å²) in [6.07, 6.45) is -0.458. The number of para-hydroxylation sites is 1. The SMILES string of the molecule is Cl.O=C(c1cc2ccccc2[nH]1)N1CCN(C(=O)C2CC(F)(F)CN2)CC1. The number of hydrogen-bond acceptors (Lipinski definition) is 3. The second-order valence-electron chi connectivity index (χ2n) is 6.88. The zero-order valence-electron chi connectivity index (χ0n) is 14.6. The predicted octanol–water partition coefficient (Wildman–Crippen LogP) is 1.87. The normalized spacial score (nSPS) is 21.9. The van der Waals surface area contributed by atoms with Crippen LogP contribution in [0.1, 0.15) is 16.9 Å². The summed E-state index contributed by atoms with van der Waals surface area (Å²) in [5, 5.41) is 3.56. The molecule has 4 rings (SSSR count). The summed E-state index contributed by atoms with van der Waals surface area (Å²) in [6.45, 7) is 1.04. The number of piperazine rings is 1. The van der Waals surface area contributed by atoms with Gasteiger partial charge >= 0.3 is 0 Å². The summed E-state index contributed by atoms with van der Waals surface area (Å²) < 4.78 is 26.6. The highest BCUT2D eigenvalue weighted by molar-refractivity contribution is 5.98. The van der Waals surface area contributed by atoms with E-state index >= 15 is 0 Å². The van der Waals surface area contributed by atoms with Gasteiger partial charge < -0.3 is 14.8 Å². The molecule has 2 aromatic rings. The van der Waals surface area contributed by atoms with E-state index < -0.39 is 24.9 Å². The monoisotopic (exact) mass is 398 g/mol. The first-order valence-electron chi connectivity index (χ1n) is 8.70. The van der Waals surface area contributed by atoms with Crippen LogP contribution in [0.3, 0.4) is 0 Å². The van der Waals surface area contributed by atoms with Gasteiger partial charge in [-0.3, -0.25) is 14.9 Å². The molecule has 0 bridgehead atoms. The second-order valence-corrected chi connectivity index (χ2v) is 6.88. The van der Waals surface area contributed by atoms with E-state index in [1.165, 1.54) is 0 Å². The van der Waals surface area contributed by atoms with Crippen molar-refractivity contribution in [1.29, 1.82) is 0 Å². The lowest BCUT2D eigenvalue weighted by Crippen LogP contribution is -2.54. The standard InChI is InChI=1S/C18H20F2N4O2.ClH/c19-18(20)10-15(21-11-18)17(26)24-7-5-23(6-8-24)16(25)14-9-12-3-1-2-4-13(12)22-14;/h1-4,9,15,21-22H,5-8,10-11H2;1H. The van der Waals surface area contributed by atoms with Gasteiger partial charge in [-0.15, -0.1) is 12.4 Å². The van der Waals surface area contributed by atoms with Crippen LogP contribution in [0, 0.1) is 0 Å². The van der Waals surface area contributed by atoms with Crippen LogP contribution in [0.5, 0.6) is 0 Å². The number of nitrogens with zero attached hydrogens (tertiary/aromatic N) is 2. The summed E-state index contributed by atoms with van der Waals surface area (Å²) >= 11 is 0. The largest absolute Gasteiger partial charge is 0.351 e. The molecular weight excluding hydrogens is 378 g/mol. The molecule has 0 radical (unpaired) electrons. The molecule has 2 aliphatic rings. The van der Waals surface area contributed by atoms with E-state index in [1.54, 1.807) is 9.80 Å². The van der Waals surface area contributed by atoms with Crippen molar-refractivity contribution in [3.05, 3.63) is 36.0 Å². The first-order valence-corrected chi connectivity index (χ1v) is 8.70. The third-order valence-corrected chi connectivity index (χ3v) is 5.05. The van der Waals surface area contributed by atoms with E-state index in [-0.39, 0.29) is 24.2 Å². The van der Waals surface area contributed by atoms with Gasteiger partial charge in [0.05, 0.1) is 12.6 Å². The van der Waals surface area contributed by atoms with Crippen LogP contribution in [0.2, 0.25) is 0 Å². The van der Waals surface area contributed by atoms with Crippen LogP contribution >= 0.6 is 12.4 Å². The fourth-order valence-electron chi connectivity index (χ4n) is 3.60. The summed E-state index contributed by atoms with van der Waals surface area (Å²) in [5.74, 6) is -3.24. The molecule has 2 fully saturated rings. The molecule has 1 atom stereocenters. The Kier molecular flexibility index (Phi) is 5.39. The Morgan fingerprint density at radius 2 is 1.74 bits per heavy atom. The lowest BCUT2D eigenvalue weighted by Gasteiger charge is -2.35. The number of rotatable bonds is 2. The van der Waals surface area contributed by atoms with E-state index in [1.807, 2.05) is 30.3 Å². The van der Waals surface area contributed by atoms with E-state index in [0.29, 0.717) is 31.9 Å². The van der Waals surface area contributed by atoms with E-state index in [0.717, 1.165) is 10.9 Å². The molecule has 146 valence electrons. The number of carbonyl (C=O) groups excluding carboxylic acids is 2. The second kappa shape index (κ2) is 7.44. The van der Waals surface area contributed by atoms with Gasteiger partial charge in [0.2, 0.25) is 5.91 Å². The third kappa shape index (κ3) is 3.91. The zero-order chi connectivity index (χ0) is 18.3. The van der Waals surface area contributed by atoms with Gasteiger partial charge in [0.15, 0.2) is 0 Å². The smallest absolute Gasteiger partial charge is 0.270 e. The van der Waals surface area contributed by atoms with Crippen molar-refractivity contribution in [2.45, 2.75) is 18.4 Å². The maximum Gasteiger partial charge on any atom is 0.270 e. The number of aromatic nitrogens is 1. The Balaban J connectivity index is 0.00000210. The Morgan fingerprint density at radius 1 is 1.07 bits per heavy atom. The molecule has 2 amide bonds. The quantitative estimate of drug-likeness (QED) is 0.811. The van der Waals surface area contributed by atoms with Crippen LogP contribution in [0.4, 0.5) is 8.78 Å². The number of benzene rings is 1. The zero-order valence-corrected chi connectivity index (χ0v) is 15.4. The van der Waals surface area contributed by atoms with Gasteiger partial charge in [0.1, 0.15) is 5.69 Å². The minimum absolute atomic E-state index is 0. The van der Waals surface area contributed by atoms with Gasteiger partial charge in [-0.1, -0.05) is 18.2 Å². The molecule has 6 nitrogen and oxygen atoms in total. The van der Waals surface area contributed by atoms with Crippen molar-refractivity contribution in [3.8, 4) is 0 Å². The molecule has 0 aliphatic carbocycles. The number of alkyl halides is 2. The van der Waals surface area contributed by atoms with Gasteiger partial charge in [0, 0.05) is 43.5 Å². The lowest BCUT2D eigenvalue weighted by molar-refractivity contribution is -0.135. The molecule has 2 N–H and O–H groups in total. The van der Waals surface area contributed by atoms with Crippen LogP contribution in [0.25, 0.3) is 10.9 Å². The molecule has 0 saturated carbocycles. The van der Waals surface area contributed by atoms with Crippen molar-refractivity contribution in [2.24, 2.45) is 0 Å². The highest BCUT2D eigenvalue weighted by Crippen LogP contribution is 2.26. The summed E-state index contributed by atoms with van der Waals surface area (Å²) in [6, 6.07) is 8.64. The molecule has 9 heteroatoms. The summed E-state index contributed by atoms with van der Waals surface area (Å²) in [4.78, 5) is 31.4. The molecule has 27 heavy (non-hydrogen) atoms. The van der Waals surface area contributed by atoms with Gasteiger partial charge in [0.25, 0.3) is 11.8 Å². The van der Waals surface area contributed by atoms with Crippen LogP contribution in [-0.2, 0) is 4.79 Å². The molecule has 1 unspecified atom stereocenters. The van der Waals surface area contributed by atoms with Gasteiger partial charge in [-0.25, -0.2) is 8.78 Å². The van der Waals surface area contributed by atoms with Gasteiger partial charge in [-0.05, 0) is 12.1 Å². The minimum Gasteiger partial charge on any atom is -0.351 e. The number of H-pyrrole nitrogens is 1. The Labute approximate surface area is 161 Å². The number of amides is 2. The number of halogens is 3. The Bertz CT molecular complexity index is 816. The Hall–Kier alpha value is -2.19. The molecule has 0 spiro atoms. The fraction of sp³-hybridized carbons (Fsp3) is 0.444. The average Bonchev–Trinajstić information content (AvgIpc) is 3.23. The fourth-order valence-corrected chi connectivity index (χ4v) is 3.60. The molecule has 2 aliphatic heterocycles. The van der Waals surface area contributed by atoms with Crippen molar-refractivity contribution in [2.75, 3.05) is 32.7 Å². The number of aromatic amines is 1. The van der Waals surface area contributed by atoms with Crippen molar-refractivity contribution < 1.29 is 18.4 Å². The highest BCUT2D eigenvalue weighted by Gasteiger charge is 2.44. The van der Waals surface area contributed by atoms with E-state index in [2.05, 4.69) is 10.3 Å². The van der Waals surface area contributed by atoms with Crippen molar-refractivity contribution in [3.63, 3.8) is 0 Å². The summed E-state index contributed by atoms with van der Waals surface area (Å²) in [7, 11) is 0. The number of fused-ring (bicyclic) bond motifs is 1. The predicted molar refractivity (Wildman–Crippen MR) is 99.4 cm³/mol. The number of carbonyl (C=O) groups is 2. The average molecular weight is 399 g/mol. The first kappa shape index (κ1) is 19.6. The van der Waals surface area contributed by atoms with E-state index in [9.17, 15) is 18.4 Å². The van der Waals surface area contributed by atoms with Crippen LogP contribution in [0.15, 0.2) is 30.3 Å². The lowest BCUT2D eigenvalue weighted by atomic mass is 10.1. The molecule has 2 saturated heterocycles. The van der Waals surface area contributed by atoms with Crippen molar-refractivity contribution >= 4 is 35.1 Å². The first-order chi connectivity index (χ1) is 12.4. The number of hydrogen-bond donors (Lipinski definition) is 2. The topological polar surface area (TPSA) is 68.4 Å². The molecule has 1 aromatic carbocycles. The minimum atomic E-state index is -2.83. The molecular formula is C18H21ClF2N4O2. The van der Waals surface area contributed by atoms with Crippen LogP contribution in [-0.4, -0.2) is 71.3 Å². The maximum absolute atomic E-state index is 13.3. The summed E-state index contributed by atoms with van der Waals surface area (Å²) in [5.41, 5.74) is 1.42. The van der Waals surface area contributed by atoms with E-state index in [4.69, 9.17) is 0 Å². The molecule has 1 aromatic heterocycles. The molecule has 3 heterocycles. The van der Waals surface area contributed by atoms with Crippen molar-refractivity contribution in [1.82, 2.24) is 20.1 Å². The third-order valence-electron chi connectivity index (χ3n) is 5.05.